The molecule has 1 aromatic heterocycles. The smallest absolute Gasteiger partial charge is 0.305 e. The lowest BCUT2D eigenvalue weighted by molar-refractivity contribution is -0.139. The Kier molecular flexibility index (Phi) is 4.62. The summed E-state index contributed by atoms with van der Waals surface area (Å²) < 4.78 is 4.91. The Hall–Kier alpha value is -2.31. The van der Waals surface area contributed by atoms with E-state index in [0.29, 0.717) is 12.8 Å². The Morgan fingerprint density at radius 1 is 1.29 bits per heavy atom. The molecule has 3 N–H and O–H groups in total. The minimum Gasteiger partial charge on any atom is -0.481 e. The average Bonchev–Trinajstić information content (AvgIpc) is 3.06. The molecule has 1 aliphatic rings. The standard InChI is InChI=1S/C14H18N2O5/c17-11(9-15-13(20)10-4-3-7-21-10)16-14(8-12(18)19)5-1-2-6-14/h3-4,7H,1-2,5-6,8-9H2,(H,15,20)(H,16,17)(H,18,19). The van der Waals surface area contributed by atoms with Gasteiger partial charge in [0, 0.05) is 0 Å². The fraction of sp³-hybridized carbons (Fsp3) is 0.500. The van der Waals surface area contributed by atoms with Crippen molar-refractivity contribution in [2.45, 2.75) is 37.6 Å². The van der Waals surface area contributed by atoms with Crippen LogP contribution in [0.4, 0.5) is 0 Å². The molecule has 21 heavy (non-hydrogen) atoms. The zero-order chi connectivity index (χ0) is 15.3. The molecule has 1 saturated carbocycles. The lowest BCUT2D eigenvalue weighted by Gasteiger charge is -2.28. The van der Waals surface area contributed by atoms with E-state index in [1.54, 1.807) is 6.07 Å². The van der Waals surface area contributed by atoms with E-state index in [9.17, 15) is 14.4 Å². The van der Waals surface area contributed by atoms with Crippen LogP contribution >= 0.6 is 0 Å². The number of aliphatic carboxylic acids is 1. The molecule has 1 fully saturated rings. The highest BCUT2D eigenvalue weighted by Gasteiger charge is 2.37. The van der Waals surface area contributed by atoms with E-state index < -0.39 is 23.3 Å². The van der Waals surface area contributed by atoms with Crippen molar-refractivity contribution < 1.29 is 23.9 Å². The topological polar surface area (TPSA) is 109 Å². The SMILES string of the molecule is O=C(O)CC1(NC(=O)CNC(=O)c2ccco2)CCCC1. The van der Waals surface area contributed by atoms with Gasteiger partial charge in [-0.15, -0.1) is 0 Å². The fourth-order valence-corrected chi connectivity index (χ4v) is 2.68. The maximum Gasteiger partial charge on any atom is 0.305 e. The molecule has 7 heteroatoms. The molecule has 1 aromatic rings. The minimum absolute atomic E-state index is 0.0924. The molecule has 0 saturated heterocycles. The first-order valence-electron chi connectivity index (χ1n) is 6.85. The van der Waals surface area contributed by atoms with E-state index in [0.717, 1.165) is 12.8 Å². The van der Waals surface area contributed by atoms with Crippen molar-refractivity contribution in [1.82, 2.24) is 10.6 Å². The lowest BCUT2D eigenvalue weighted by atomic mass is 9.93. The van der Waals surface area contributed by atoms with Crippen LogP contribution in [0.1, 0.15) is 42.7 Å². The summed E-state index contributed by atoms with van der Waals surface area (Å²) in [6, 6.07) is 3.07. The van der Waals surface area contributed by atoms with Crippen molar-refractivity contribution in [2.24, 2.45) is 0 Å². The maximum absolute atomic E-state index is 11.9. The molecular formula is C14H18N2O5. The van der Waals surface area contributed by atoms with Gasteiger partial charge in [0.05, 0.1) is 24.8 Å². The molecule has 0 aromatic carbocycles. The summed E-state index contributed by atoms with van der Waals surface area (Å²) in [6.07, 6.45) is 4.37. The number of carbonyl (C=O) groups excluding carboxylic acids is 2. The van der Waals surface area contributed by atoms with Crippen LogP contribution < -0.4 is 10.6 Å². The van der Waals surface area contributed by atoms with E-state index in [-0.39, 0.29) is 18.7 Å². The van der Waals surface area contributed by atoms with Gasteiger partial charge in [0.2, 0.25) is 5.91 Å². The van der Waals surface area contributed by atoms with Crippen molar-refractivity contribution in [3.05, 3.63) is 24.2 Å². The molecule has 0 bridgehead atoms. The predicted octanol–water partition coefficient (Wildman–Crippen LogP) is 0.913. The molecule has 0 unspecified atom stereocenters. The third-order valence-electron chi connectivity index (χ3n) is 3.61. The van der Waals surface area contributed by atoms with Gasteiger partial charge in [0.15, 0.2) is 5.76 Å². The number of rotatable bonds is 6. The second kappa shape index (κ2) is 6.43. The quantitative estimate of drug-likeness (QED) is 0.722. The monoisotopic (exact) mass is 294 g/mol. The summed E-state index contributed by atoms with van der Waals surface area (Å²) in [5.74, 6) is -1.67. The third kappa shape index (κ3) is 4.08. The zero-order valence-electron chi connectivity index (χ0n) is 11.6. The predicted molar refractivity (Wildman–Crippen MR) is 72.6 cm³/mol. The van der Waals surface area contributed by atoms with E-state index in [4.69, 9.17) is 9.52 Å². The van der Waals surface area contributed by atoms with Gasteiger partial charge in [-0.05, 0) is 25.0 Å². The molecule has 2 rings (SSSR count). The van der Waals surface area contributed by atoms with E-state index in [2.05, 4.69) is 10.6 Å². The Bertz CT molecular complexity index is 517. The highest BCUT2D eigenvalue weighted by atomic mass is 16.4. The number of nitrogens with one attached hydrogen (secondary N) is 2. The Morgan fingerprint density at radius 2 is 2.00 bits per heavy atom. The lowest BCUT2D eigenvalue weighted by Crippen LogP contribution is -2.50. The number of hydrogen-bond acceptors (Lipinski definition) is 4. The molecule has 0 radical (unpaired) electrons. The van der Waals surface area contributed by atoms with Crippen LogP contribution in [0.25, 0.3) is 0 Å². The van der Waals surface area contributed by atoms with Gasteiger partial charge in [-0.1, -0.05) is 12.8 Å². The van der Waals surface area contributed by atoms with Crippen molar-refractivity contribution in [2.75, 3.05) is 6.54 Å². The van der Waals surface area contributed by atoms with Gasteiger partial charge in [-0.2, -0.15) is 0 Å². The summed E-state index contributed by atoms with van der Waals surface area (Å²) in [5.41, 5.74) is -0.682. The normalized spacial score (nSPS) is 16.4. The van der Waals surface area contributed by atoms with Crippen LogP contribution in [0.15, 0.2) is 22.8 Å². The highest BCUT2D eigenvalue weighted by Crippen LogP contribution is 2.32. The highest BCUT2D eigenvalue weighted by molar-refractivity contribution is 5.94. The van der Waals surface area contributed by atoms with Crippen LogP contribution in [0.2, 0.25) is 0 Å². The van der Waals surface area contributed by atoms with Gasteiger partial charge in [0.1, 0.15) is 0 Å². The number of carbonyl (C=O) groups is 3. The van der Waals surface area contributed by atoms with E-state index in [1.807, 2.05) is 0 Å². The largest absolute Gasteiger partial charge is 0.481 e. The first-order chi connectivity index (χ1) is 10.0. The van der Waals surface area contributed by atoms with Crippen LogP contribution in [0.5, 0.6) is 0 Å². The molecule has 1 aliphatic carbocycles. The van der Waals surface area contributed by atoms with Crippen LogP contribution in [-0.2, 0) is 9.59 Å². The Balaban J connectivity index is 1.85. The maximum atomic E-state index is 11.9. The molecule has 114 valence electrons. The first kappa shape index (κ1) is 15.1. The Labute approximate surface area is 121 Å². The van der Waals surface area contributed by atoms with Gasteiger partial charge >= 0.3 is 5.97 Å². The average molecular weight is 294 g/mol. The van der Waals surface area contributed by atoms with E-state index in [1.165, 1.54) is 12.3 Å². The Morgan fingerprint density at radius 3 is 2.57 bits per heavy atom. The summed E-state index contributed by atoms with van der Waals surface area (Å²) in [6.45, 7) is -0.207. The molecule has 0 aliphatic heterocycles. The number of carboxylic acid groups (broad SMARTS) is 1. The molecule has 2 amide bonds. The van der Waals surface area contributed by atoms with Crippen LogP contribution in [0.3, 0.4) is 0 Å². The summed E-state index contributed by atoms with van der Waals surface area (Å²) >= 11 is 0. The van der Waals surface area contributed by atoms with Crippen molar-refractivity contribution >= 4 is 17.8 Å². The molecular weight excluding hydrogens is 276 g/mol. The zero-order valence-corrected chi connectivity index (χ0v) is 11.6. The van der Waals surface area contributed by atoms with Crippen molar-refractivity contribution in [3.8, 4) is 0 Å². The number of hydrogen-bond donors (Lipinski definition) is 3. The molecule has 0 atom stereocenters. The van der Waals surface area contributed by atoms with Crippen LogP contribution in [-0.4, -0.2) is 35.0 Å². The molecule has 7 nitrogen and oxygen atoms in total. The third-order valence-corrected chi connectivity index (χ3v) is 3.61. The van der Waals surface area contributed by atoms with Crippen molar-refractivity contribution in [1.29, 1.82) is 0 Å². The van der Waals surface area contributed by atoms with Crippen LogP contribution in [0, 0.1) is 0 Å². The second-order valence-corrected chi connectivity index (χ2v) is 5.27. The number of furan rings is 1. The number of amides is 2. The second-order valence-electron chi connectivity index (χ2n) is 5.27. The fourth-order valence-electron chi connectivity index (χ4n) is 2.68. The van der Waals surface area contributed by atoms with Gasteiger partial charge in [0.25, 0.3) is 5.91 Å². The van der Waals surface area contributed by atoms with E-state index >= 15 is 0 Å². The first-order valence-corrected chi connectivity index (χ1v) is 6.85. The van der Waals surface area contributed by atoms with Gasteiger partial charge in [-0.25, -0.2) is 0 Å². The molecule has 0 spiro atoms. The summed E-state index contributed by atoms with van der Waals surface area (Å²) in [4.78, 5) is 34.5. The molecule has 1 heterocycles. The van der Waals surface area contributed by atoms with Gasteiger partial charge in [-0.3, -0.25) is 14.4 Å². The summed E-state index contributed by atoms with van der Waals surface area (Å²) in [5, 5.41) is 14.2. The summed E-state index contributed by atoms with van der Waals surface area (Å²) in [7, 11) is 0. The minimum atomic E-state index is -0.933. The van der Waals surface area contributed by atoms with Crippen molar-refractivity contribution in [3.63, 3.8) is 0 Å². The number of carboxylic acids is 1. The van der Waals surface area contributed by atoms with Gasteiger partial charge < -0.3 is 20.2 Å².